The van der Waals surface area contributed by atoms with Crippen LogP contribution in [0, 0.1) is 16.2 Å². The van der Waals surface area contributed by atoms with Gasteiger partial charge in [0.05, 0.1) is 7.11 Å². The molecule has 0 saturated heterocycles. The molecule has 0 aromatic heterocycles. The highest BCUT2D eigenvalue weighted by Crippen LogP contribution is 2.08. The molecule has 0 aromatic carbocycles. The summed E-state index contributed by atoms with van der Waals surface area (Å²) >= 11 is 0. The highest BCUT2D eigenvalue weighted by atomic mass is 16.6. The Bertz CT molecular complexity index is 157. The van der Waals surface area contributed by atoms with Crippen molar-refractivity contribution in [3.63, 3.8) is 0 Å². The third-order valence-electron chi connectivity index (χ3n) is 1.23. The van der Waals surface area contributed by atoms with E-state index in [2.05, 4.69) is 4.74 Å². The third kappa shape index (κ3) is 4.19. The second kappa shape index (κ2) is 4.54. The standard InChI is InChI=1S/C6H10NO4/c1-5(7(9)10)3-4-6(8)11-2/h3-4H2,1-2H3/q-1. The average Bonchev–Trinajstić information content (AvgIpc) is 1.99. The lowest BCUT2D eigenvalue weighted by Gasteiger charge is -2.13. The zero-order valence-corrected chi connectivity index (χ0v) is 6.49. The fourth-order valence-corrected chi connectivity index (χ4v) is 0.476. The maximum atomic E-state index is 10.5. The van der Waals surface area contributed by atoms with Crippen LogP contribution in [-0.2, 0) is 9.53 Å². The highest BCUT2D eigenvalue weighted by Gasteiger charge is 2.02. The van der Waals surface area contributed by atoms with Crippen LogP contribution in [0.5, 0.6) is 0 Å². The average molecular weight is 160 g/mol. The van der Waals surface area contributed by atoms with E-state index in [1.54, 1.807) is 0 Å². The summed E-state index contributed by atoms with van der Waals surface area (Å²) in [5.41, 5.74) is 0. The molecule has 11 heavy (non-hydrogen) atoms. The van der Waals surface area contributed by atoms with Gasteiger partial charge in [-0.05, 0) is 6.04 Å². The Morgan fingerprint density at radius 3 is 2.64 bits per heavy atom. The molecule has 0 aliphatic carbocycles. The van der Waals surface area contributed by atoms with Crippen LogP contribution in [-0.4, -0.2) is 18.0 Å². The minimum atomic E-state index is -0.497. The molecule has 5 nitrogen and oxygen atoms in total. The molecule has 0 atom stereocenters. The molecule has 0 heterocycles. The molecule has 5 heteroatoms. The molecule has 0 aromatic rings. The summed E-state index contributed by atoms with van der Waals surface area (Å²) in [5.74, 6) is -0.425. The molecule has 0 saturated carbocycles. The van der Waals surface area contributed by atoms with Crippen LogP contribution in [0.4, 0.5) is 0 Å². The molecule has 0 rings (SSSR count). The predicted molar refractivity (Wildman–Crippen MR) is 37.2 cm³/mol. The SMILES string of the molecule is COC(=O)CC[C-](C)[N+](=O)[O-]. The first-order valence-electron chi connectivity index (χ1n) is 3.11. The molecule has 0 aliphatic rings. The number of nitro groups is 1. The van der Waals surface area contributed by atoms with Gasteiger partial charge in [-0.25, -0.2) is 0 Å². The number of rotatable bonds is 4. The van der Waals surface area contributed by atoms with Gasteiger partial charge >= 0.3 is 5.97 Å². The zero-order valence-electron chi connectivity index (χ0n) is 6.49. The predicted octanol–water partition coefficient (Wildman–Crippen LogP) is 0.768. The number of carbonyl (C=O) groups is 1. The lowest BCUT2D eigenvalue weighted by atomic mass is 10.2. The van der Waals surface area contributed by atoms with E-state index >= 15 is 0 Å². The van der Waals surface area contributed by atoms with Gasteiger partial charge in [0.25, 0.3) is 0 Å². The minimum Gasteiger partial charge on any atom is -0.469 e. The molecule has 0 bridgehead atoms. The van der Waals surface area contributed by atoms with Gasteiger partial charge in [0.1, 0.15) is 0 Å². The first-order chi connectivity index (χ1) is 5.07. The Labute approximate surface area is 64.5 Å². The number of esters is 1. The molecule has 64 valence electrons. The maximum absolute atomic E-state index is 10.5. The number of hydrogen-bond acceptors (Lipinski definition) is 4. The van der Waals surface area contributed by atoms with Crippen molar-refractivity contribution in [1.29, 1.82) is 0 Å². The van der Waals surface area contributed by atoms with Gasteiger partial charge in [0.2, 0.25) is 0 Å². The summed E-state index contributed by atoms with van der Waals surface area (Å²) in [7, 11) is 1.25. The van der Waals surface area contributed by atoms with E-state index in [0.29, 0.717) is 0 Å². The van der Waals surface area contributed by atoms with Crippen LogP contribution in [0.2, 0.25) is 0 Å². The summed E-state index contributed by atoms with van der Waals surface area (Å²) in [6.45, 7) is 1.38. The Balaban J connectivity index is 3.54. The quantitative estimate of drug-likeness (QED) is 0.263. The van der Waals surface area contributed by atoms with Crippen LogP contribution in [0.15, 0.2) is 0 Å². The Morgan fingerprint density at radius 1 is 1.73 bits per heavy atom. The van der Waals surface area contributed by atoms with Gasteiger partial charge < -0.3 is 4.74 Å². The molecule has 0 radical (unpaired) electrons. The monoisotopic (exact) mass is 160 g/mol. The van der Waals surface area contributed by atoms with E-state index < -0.39 is 10.9 Å². The first kappa shape index (κ1) is 9.74. The number of hydrogen-bond donors (Lipinski definition) is 0. The summed E-state index contributed by atoms with van der Waals surface area (Å²) in [5, 5.41) is 10.0. The fourth-order valence-electron chi connectivity index (χ4n) is 0.476. The van der Waals surface area contributed by atoms with Crippen LogP contribution < -0.4 is 0 Å². The van der Waals surface area contributed by atoms with Crippen molar-refractivity contribution >= 4 is 5.97 Å². The number of ether oxygens (including phenoxy) is 1. The largest absolute Gasteiger partial charge is 0.469 e. The fraction of sp³-hybridized carbons (Fsp3) is 0.667. The second-order valence-corrected chi connectivity index (χ2v) is 2.07. The minimum absolute atomic E-state index is 0.0727. The van der Waals surface area contributed by atoms with Crippen LogP contribution in [0.3, 0.4) is 0 Å². The van der Waals surface area contributed by atoms with Gasteiger partial charge in [-0.2, -0.15) is 0 Å². The van der Waals surface area contributed by atoms with E-state index in [9.17, 15) is 14.9 Å². The summed E-state index contributed by atoms with van der Waals surface area (Å²) in [6.07, 6.45) is 0.225. The summed E-state index contributed by atoms with van der Waals surface area (Å²) in [6, 6.07) is 0.0791. The van der Waals surface area contributed by atoms with Gasteiger partial charge in [-0.15, -0.1) is 11.8 Å². The van der Waals surface area contributed by atoms with E-state index in [-0.39, 0.29) is 18.9 Å². The van der Waals surface area contributed by atoms with Crippen molar-refractivity contribution in [3.05, 3.63) is 16.2 Å². The van der Waals surface area contributed by atoms with Gasteiger partial charge in [-0.1, -0.05) is 6.42 Å². The van der Waals surface area contributed by atoms with Gasteiger partial charge in [0.15, 0.2) is 0 Å². The number of carbonyl (C=O) groups excluding carboxylic acids is 1. The summed E-state index contributed by atoms with van der Waals surface area (Å²) in [4.78, 5) is 20.0. The van der Waals surface area contributed by atoms with Crippen LogP contribution in [0.25, 0.3) is 0 Å². The smallest absolute Gasteiger partial charge is 0.303 e. The Morgan fingerprint density at radius 2 is 2.27 bits per heavy atom. The molecule has 0 amide bonds. The number of nitrogens with zero attached hydrogens (tertiary/aromatic N) is 1. The molecular weight excluding hydrogens is 150 g/mol. The topological polar surface area (TPSA) is 69.4 Å². The molecule has 0 unspecified atom stereocenters. The van der Waals surface area contributed by atoms with Gasteiger partial charge in [-0.3, -0.25) is 14.9 Å². The first-order valence-corrected chi connectivity index (χ1v) is 3.11. The van der Waals surface area contributed by atoms with Crippen molar-refractivity contribution < 1.29 is 14.5 Å². The maximum Gasteiger partial charge on any atom is 0.303 e. The van der Waals surface area contributed by atoms with Crippen LogP contribution in [0.1, 0.15) is 19.8 Å². The van der Waals surface area contributed by atoms with E-state index in [4.69, 9.17) is 0 Å². The lowest BCUT2D eigenvalue weighted by molar-refractivity contribution is -0.465. The lowest BCUT2D eigenvalue weighted by Crippen LogP contribution is -2.09. The highest BCUT2D eigenvalue weighted by molar-refractivity contribution is 5.69. The van der Waals surface area contributed by atoms with Crippen molar-refractivity contribution in [2.75, 3.05) is 7.11 Å². The van der Waals surface area contributed by atoms with Crippen molar-refractivity contribution in [2.24, 2.45) is 0 Å². The van der Waals surface area contributed by atoms with E-state index in [1.807, 2.05) is 0 Å². The van der Waals surface area contributed by atoms with E-state index in [1.165, 1.54) is 14.0 Å². The second-order valence-electron chi connectivity index (χ2n) is 2.07. The molecule has 0 N–H and O–H groups in total. The molecule has 0 fully saturated rings. The summed E-state index contributed by atoms with van der Waals surface area (Å²) < 4.78 is 4.31. The zero-order chi connectivity index (χ0) is 8.85. The van der Waals surface area contributed by atoms with Crippen molar-refractivity contribution in [3.8, 4) is 0 Å². The Hall–Kier alpha value is -1.26. The molecule has 0 spiro atoms. The molecule has 0 aliphatic heterocycles. The third-order valence-corrected chi connectivity index (χ3v) is 1.23. The van der Waals surface area contributed by atoms with Crippen molar-refractivity contribution in [2.45, 2.75) is 19.8 Å². The van der Waals surface area contributed by atoms with Crippen molar-refractivity contribution in [1.82, 2.24) is 0 Å². The Kier molecular flexibility index (Phi) is 4.02. The molecular formula is C6H10NO4-. The van der Waals surface area contributed by atoms with Gasteiger partial charge in [0, 0.05) is 6.42 Å². The normalized spacial score (nSPS) is 8.91. The van der Waals surface area contributed by atoms with Crippen LogP contribution >= 0.6 is 0 Å². The number of methoxy groups -OCH3 is 1. The van der Waals surface area contributed by atoms with E-state index in [0.717, 1.165) is 0 Å².